The minimum absolute atomic E-state index is 0.240. The van der Waals surface area contributed by atoms with Gasteiger partial charge in [0, 0.05) is 26.6 Å². The summed E-state index contributed by atoms with van der Waals surface area (Å²) in [4.78, 5) is 13.5. The minimum atomic E-state index is 0.240. The van der Waals surface area contributed by atoms with Gasteiger partial charge in [0.2, 0.25) is 0 Å². The number of hydrogen-bond donors (Lipinski definition) is 0. The zero-order valence-corrected chi connectivity index (χ0v) is 10.5. The lowest BCUT2D eigenvalue weighted by Gasteiger charge is -2.34. The van der Waals surface area contributed by atoms with Crippen LogP contribution in [0.5, 0.6) is 0 Å². The SMILES string of the molecule is O=C1c2cc(Cl)ccc2SC2CCCCC12. The molecule has 16 heavy (non-hydrogen) atoms. The average molecular weight is 253 g/mol. The molecular weight excluding hydrogens is 240 g/mol. The Kier molecular flexibility index (Phi) is 2.72. The summed E-state index contributed by atoms with van der Waals surface area (Å²) in [5, 5.41) is 1.18. The number of thioether (sulfide) groups is 1. The van der Waals surface area contributed by atoms with E-state index in [9.17, 15) is 4.79 Å². The van der Waals surface area contributed by atoms with E-state index in [1.54, 1.807) is 0 Å². The van der Waals surface area contributed by atoms with Crippen LogP contribution in [-0.4, -0.2) is 11.0 Å². The van der Waals surface area contributed by atoms with E-state index >= 15 is 0 Å². The molecule has 0 radical (unpaired) electrons. The van der Waals surface area contributed by atoms with Gasteiger partial charge in [0.1, 0.15) is 0 Å². The molecule has 0 spiro atoms. The Hall–Kier alpha value is -0.470. The van der Waals surface area contributed by atoms with Crippen molar-refractivity contribution >= 4 is 29.1 Å². The molecule has 3 heteroatoms. The third-order valence-electron chi connectivity index (χ3n) is 3.52. The number of carbonyl (C=O) groups is 1. The molecule has 0 N–H and O–H groups in total. The number of ketones is 1. The van der Waals surface area contributed by atoms with Crippen molar-refractivity contribution in [1.82, 2.24) is 0 Å². The summed E-state index contributed by atoms with van der Waals surface area (Å²) in [6.07, 6.45) is 4.71. The molecule has 1 fully saturated rings. The molecule has 1 aliphatic heterocycles. The first-order valence-corrected chi connectivity index (χ1v) is 7.02. The summed E-state index contributed by atoms with van der Waals surface area (Å²) in [7, 11) is 0. The molecule has 0 aromatic heterocycles. The van der Waals surface area contributed by atoms with Crippen molar-refractivity contribution in [3.05, 3.63) is 28.8 Å². The van der Waals surface area contributed by atoms with Gasteiger partial charge in [-0.15, -0.1) is 11.8 Å². The van der Waals surface area contributed by atoms with E-state index in [0.717, 1.165) is 16.9 Å². The van der Waals surface area contributed by atoms with Gasteiger partial charge in [0.15, 0.2) is 5.78 Å². The fraction of sp³-hybridized carbons (Fsp3) is 0.462. The summed E-state index contributed by atoms with van der Waals surface area (Å²) in [6.45, 7) is 0. The molecule has 84 valence electrons. The van der Waals surface area contributed by atoms with Crippen LogP contribution in [0.1, 0.15) is 36.0 Å². The molecule has 0 saturated heterocycles. The van der Waals surface area contributed by atoms with E-state index in [0.29, 0.717) is 16.1 Å². The second-order valence-electron chi connectivity index (χ2n) is 4.55. The van der Waals surface area contributed by atoms with Gasteiger partial charge in [-0.2, -0.15) is 0 Å². The summed E-state index contributed by atoms with van der Waals surface area (Å²) in [6, 6.07) is 5.70. The Morgan fingerprint density at radius 2 is 2.06 bits per heavy atom. The Labute approximate surface area is 105 Å². The minimum Gasteiger partial charge on any atom is -0.294 e. The highest BCUT2D eigenvalue weighted by molar-refractivity contribution is 8.00. The monoisotopic (exact) mass is 252 g/mol. The molecule has 1 saturated carbocycles. The maximum atomic E-state index is 12.3. The van der Waals surface area contributed by atoms with Crippen LogP contribution in [0.25, 0.3) is 0 Å². The lowest BCUT2D eigenvalue weighted by atomic mass is 9.83. The average Bonchev–Trinajstić information content (AvgIpc) is 2.31. The van der Waals surface area contributed by atoms with Crippen LogP contribution in [-0.2, 0) is 0 Å². The first-order chi connectivity index (χ1) is 7.75. The largest absolute Gasteiger partial charge is 0.294 e. The van der Waals surface area contributed by atoms with Crippen molar-refractivity contribution < 1.29 is 4.79 Å². The molecule has 0 bridgehead atoms. The quantitative estimate of drug-likeness (QED) is 0.689. The van der Waals surface area contributed by atoms with Crippen molar-refractivity contribution in [2.24, 2.45) is 5.92 Å². The van der Waals surface area contributed by atoms with Crippen LogP contribution in [0, 0.1) is 5.92 Å². The molecule has 1 aromatic rings. The molecule has 1 nitrogen and oxygen atoms in total. The molecule has 2 unspecified atom stereocenters. The van der Waals surface area contributed by atoms with E-state index in [1.807, 2.05) is 30.0 Å². The first-order valence-electron chi connectivity index (χ1n) is 5.76. The van der Waals surface area contributed by atoms with Crippen LogP contribution < -0.4 is 0 Å². The van der Waals surface area contributed by atoms with Crippen LogP contribution in [0.4, 0.5) is 0 Å². The van der Waals surface area contributed by atoms with Crippen molar-refractivity contribution in [3.8, 4) is 0 Å². The maximum Gasteiger partial charge on any atom is 0.168 e. The lowest BCUT2D eigenvalue weighted by molar-refractivity contribution is 0.0887. The fourth-order valence-corrected chi connectivity index (χ4v) is 4.34. The highest BCUT2D eigenvalue weighted by Gasteiger charge is 2.37. The van der Waals surface area contributed by atoms with Crippen LogP contribution in [0.15, 0.2) is 23.1 Å². The standard InChI is InChI=1S/C13H13ClOS/c14-8-5-6-12-10(7-8)13(15)9-3-1-2-4-11(9)16-12/h5-7,9,11H,1-4H2. The van der Waals surface area contributed by atoms with E-state index in [4.69, 9.17) is 11.6 Å². The summed E-state index contributed by atoms with van der Waals surface area (Å²) in [5.74, 6) is 0.561. The highest BCUT2D eigenvalue weighted by Crippen LogP contribution is 2.45. The zero-order chi connectivity index (χ0) is 11.1. The van der Waals surface area contributed by atoms with Gasteiger partial charge in [-0.05, 0) is 31.0 Å². The second-order valence-corrected chi connectivity index (χ2v) is 6.27. The first kappa shape index (κ1) is 10.7. The predicted octanol–water partition coefficient (Wildman–Crippen LogP) is 4.19. The highest BCUT2D eigenvalue weighted by atomic mass is 35.5. The van der Waals surface area contributed by atoms with Gasteiger partial charge >= 0.3 is 0 Å². The van der Waals surface area contributed by atoms with Crippen molar-refractivity contribution in [2.75, 3.05) is 0 Å². The maximum absolute atomic E-state index is 12.3. The van der Waals surface area contributed by atoms with E-state index < -0.39 is 0 Å². The van der Waals surface area contributed by atoms with Crippen molar-refractivity contribution in [3.63, 3.8) is 0 Å². The number of benzene rings is 1. The van der Waals surface area contributed by atoms with Crippen molar-refractivity contribution in [2.45, 2.75) is 35.8 Å². The summed E-state index contributed by atoms with van der Waals surface area (Å²) >= 11 is 7.83. The third kappa shape index (κ3) is 1.68. The number of Topliss-reactive ketones (excluding diaryl/α,β-unsaturated/α-hetero) is 1. The molecule has 1 heterocycles. The molecule has 3 rings (SSSR count). The normalized spacial score (nSPS) is 28.4. The summed E-state index contributed by atoms with van der Waals surface area (Å²) in [5.41, 5.74) is 0.848. The Morgan fingerprint density at radius 3 is 2.94 bits per heavy atom. The van der Waals surface area contributed by atoms with E-state index in [2.05, 4.69) is 0 Å². The number of rotatable bonds is 0. The van der Waals surface area contributed by atoms with E-state index in [-0.39, 0.29) is 5.92 Å². The van der Waals surface area contributed by atoms with Crippen LogP contribution >= 0.6 is 23.4 Å². The molecule has 2 aliphatic rings. The molecule has 0 amide bonds. The van der Waals surface area contributed by atoms with Crippen molar-refractivity contribution in [1.29, 1.82) is 0 Å². The third-order valence-corrected chi connectivity index (χ3v) is 5.24. The Balaban J connectivity index is 2.03. The molecule has 1 aromatic carbocycles. The number of fused-ring (bicyclic) bond motifs is 2. The molecule has 1 aliphatic carbocycles. The van der Waals surface area contributed by atoms with Crippen LogP contribution in [0.3, 0.4) is 0 Å². The molecular formula is C13H13ClOS. The summed E-state index contributed by atoms with van der Waals surface area (Å²) < 4.78 is 0. The van der Waals surface area contributed by atoms with Gasteiger partial charge < -0.3 is 0 Å². The van der Waals surface area contributed by atoms with Gasteiger partial charge in [-0.1, -0.05) is 24.4 Å². The van der Waals surface area contributed by atoms with E-state index in [1.165, 1.54) is 19.3 Å². The number of hydrogen-bond acceptors (Lipinski definition) is 2. The van der Waals surface area contributed by atoms with Gasteiger partial charge in [-0.25, -0.2) is 0 Å². The topological polar surface area (TPSA) is 17.1 Å². The number of carbonyl (C=O) groups excluding carboxylic acids is 1. The molecule has 2 atom stereocenters. The predicted molar refractivity (Wildman–Crippen MR) is 67.4 cm³/mol. The number of halogens is 1. The lowest BCUT2D eigenvalue weighted by Crippen LogP contribution is -2.33. The van der Waals surface area contributed by atoms with Crippen LogP contribution in [0.2, 0.25) is 5.02 Å². The Morgan fingerprint density at radius 1 is 1.25 bits per heavy atom. The second kappa shape index (κ2) is 4.08. The Bertz CT molecular complexity index is 444. The van der Waals surface area contributed by atoms with Gasteiger partial charge in [0.25, 0.3) is 0 Å². The smallest absolute Gasteiger partial charge is 0.168 e. The van der Waals surface area contributed by atoms with Gasteiger partial charge in [0.05, 0.1) is 0 Å². The zero-order valence-electron chi connectivity index (χ0n) is 8.91. The van der Waals surface area contributed by atoms with Gasteiger partial charge in [-0.3, -0.25) is 4.79 Å². The fourth-order valence-electron chi connectivity index (χ4n) is 2.70.